The highest BCUT2D eigenvalue weighted by molar-refractivity contribution is 5.95. The van der Waals surface area contributed by atoms with Gasteiger partial charge in [-0.2, -0.15) is 0 Å². The Morgan fingerprint density at radius 1 is 1.33 bits per heavy atom. The first-order valence-electron chi connectivity index (χ1n) is 9.31. The number of methoxy groups -OCH3 is 1. The minimum Gasteiger partial charge on any atom is -0.494 e. The van der Waals surface area contributed by atoms with Gasteiger partial charge in [0.2, 0.25) is 0 Å². The Morgan fingerprint density at radius 3 is 2.89 bits per heavy atom. The Bertz CT molecular complexity index is 751. The van der Waals surface area contributed by atoms with Gasteiger partial charge in [0.05, 0.1) is 26.1 Å². The molecule has 144 valence electrons. The van der Waals surface area contributed by atoms with E-state index in [9.17, 15) is 9.90 Å². The molecule has 1 amide bonds. The SMILES string of the molecule is COc1cnc(-c2cccc(C(=O)NCCN3CCCCC3CO)c2)nc1. The number of nitrogens with one attached hydrogen (secondary N) is 1. The first-order valence-corrected chi connectivity index (χ1v) is 9.31. The van der Waals surface area contributed by atoms with E-state index in [0.29, 0.717) is 23.7 Å². The highest BCUT2D eigenvalue weighted by Crippen LogP contribution is 2.18. The van der Waals surface area contributed by atoms with E-state index < -0.39 is 0 Å². The summed E-state index contributed by atoms with van der Waals surface area (Å²) in [7, 11) is 1.57. The van der Waals surface area contributed by atoms with Crippen LogP contribution in [0.1, 0.15) is 29.6 Å². The largest absolute Gasteiger partial charge is 0.494 e. The Balaban J connectivity index is 1.58. The molecular weight excluding hydrogens is 344 g/mol. The molecule has 1 aliphatic heterocycles. The lowest BCUT2D eigenvalue weighted by atomic mass is 10.0. The smallest absolute Gasteiger partial charge is 0.251 e. The van der Waals surface area contributed by atoms with Gasteiger partial charge < -0.3 is 15.2 Å². The van der Waals surface area contributed by atoms with E-state index in [-0.39, 0.29) is 18.6 Å². The van der Waals surface area contributed by atoms with Crippen molar-refractivity contribution in [3.8, 4) is 17.1 Å². The van der Waals surface area contributed by atoms with Gasteiger partial charge in [0, 0.05) is 30.3 Å². The standard InChI is InChI=1S/C20H26N4O3/c1-27-18-12-22-19(23-13-18)15-5-4-6-16(11-15)20(26)21-8-10-24-9-3-2-7-17(24)14-25/h4-6,11-13,17,25H,2-3,7-10,14H2,1H3,(H,21,26). The molecule has 0 spiro atoms. The third kappa shape index (κ3) is 5.02. The van der Waals surface area contributed by atoms with Crippen molar-refractivity contribution in [1.82, 2.24) is 20.2 Å². The van der Waals surface area contributed by atoms with Crippen molar-refractivity contribution in [1.29, 1.82) is 0 Å². The van der Waals surface area contributed by atoms with Gasteiger partial charge in [-0.1, -0.05) is 18.6 Å². The zero-order valence-corrected chi connectivity index (χ0v) is 15.6. The molecule has 1 fully saturated rings. The number of aliphatic hydroxyl groups is 1. The van der Waals surface area contributed by atoms with Crippen LogP contribution in [0.5, 0.6) is 5.75 Å². The van der Waals surface area contributed by atoms with Crippen molar-refractivity contribution in [2.24, 2.45) is 0 Å². The van der Waals surface area contributed by atoms with Crippen molar-refractivity contribution in [2.75, 3.05) is 33.4 Å². The molecule has 27 heavy (non-hydrogen) atoms. The number of carbonyl (C=O) groups is 1. The molecular formula is C20H26N4O3. The number of hydrogen-bond donors (Lipinski definition) is 2. The zero-order valence-electron chi connectivity index (χ0n) is 15.6. The van der Waals surface area contributed by atoms with Crippen molar-refractivity contribution >= 4 is 5.91 Å². The summed E-state index contributed by atoms with van der Waals surface area (Å²) in [6.45, 7) is 2.46. The molecule has 0 saturated carbocycles. The van der Waals surface area contributed by atoms with E-state index in [4.69, 9.17) is 4.74 Å². The number of ether oxygens (including phenoxy) is 1. The number of likely N-dealkylation sites (tertiary alicyclic amines) is 1. The molecule has 2 N–H and O–H groups in total. The summed E-state index contributed by atoms with van der Waals surface area (Å²) in [4.78, 5) is 23.3. The fourth-order valence-corrected chi connectivity index (χ4v) is 3.35. The molecule has 1 aromatic heterocycles. The topological polar surface area (TPSA) is 87.6 Å². The Kier molecular flexibility index (Phi) is 6.73. The van der Waals surface area contributed by atoms with Crippen LogP contribution in [0.15, 0.2) is 36.7 Å². The highest BCUT2D eigenvalue weighted by atomic mass is 16.5. The second-order valence-electron chi connectivity index (χ2n) is 6.65. The summed E-state index contributed by atoms with van der Waals surface area (Å²) in [5.74, 6) is 1.01. The van der Waals surface area contributed by atoms with Crippen molar-refractivity contribution in [3.05, 3.63) is 42.2 Å². The van der Waals surface area contributed by atoms with Crippen LogP contribution in [0.25, 0.3) is 11.4 Å². The minimum atomic E-state index is -0.122. The van der Waals surface area contributed by atoms with Gasteiger partial charge in [-0.3, -0.25) is 9.69 Å². The Morgan fingerprint density at radius 2 is 2.15 bits per heavy atom. The van der Waals surface area contributed by atoms with Crippen LogP contribution in [-0.4, -0.2) is 65.3 Å². The molecule has 2 aromatic rings. The first kappa shape index (κ1) is 19.3. The maximum atomic E-state index is 12.5. The Labute approximate surface area is 159 Å². The van der Waals surface area contributed by atoms with Crippen molar-refractivity contribution in [3.63, 3.8) is 0 Å². The molecule has 3 rings (SSSR count). The average molecular weight is 370 g/mol. The number of nitrogens with zero attached hydrogens (tertiary/aromatic N) is 3. The lowest BCUT2D eigenvalue weighted by Crippen LogP contribution is -2.45. The lowest BCUT2D eigenvalue weighted by molar-refractivity contribution is 0.0849. The van der Waals surface area contributed by atoms with E-state index >= 15 is 0 Å². The molecule has 2 heterocycles. The number of aromatic nitrogens is 2. The molecule has 1 saturated heterocycles. The summed E-state index contributed by atoms with van der Waals surface area (Å²) in [6.07, 6.45) is 6.54. The number of benzene rings is 1. The van der Waals surface area contributed by atoms with E-state index in [1.54, 1.807) is 31.6 Å². The van der Waals surface area contributed by atoms with Gasteiger partial charge in [-0.25, -0.2) is 9.97 Å². The predicted octanol–water partition coefficient (Wildman–Crippen LogP) is 1.73. The minimum absolute atomic E-state index is 0.122. The van der Waals surface area contributed by atoms with Gasteiger partial charge in [0.15, 0.2) is 11.6 Å². The lowest BCUT2D eigenvalue weighted by Gasteiger charge is -2.34. The molecule has 7 heteroatoms. The second kappa shape index (κ2) is 9.43. The normalized spacial score (nSPS) is 17.5. The number of piperidine rings is 1. The number of amides is 1. The number of aliphatic hydroxyl groups excluding tert-OH is 1. The number of rotatable bonds is 7. The molecule has 1 atom stereocenters. The van der Waals surface area contributed by atoms with E-state index in [1.807, 2.05) is 12.1 Å². The van der Waals surface area contributed by atoms with Crippen LogP contribution in [-0.2, 0) is 0 Å². The average Bonchev–Trinajstić information content (AvgIpc) is 2.74. The van der Waals surface area contributed by atoms with Crippen molar-refractivity contribution in [2.45, 2.75) is 25.3 Å². The van der Waals surface area contributed by atoms with E-state index in [2.05, 4.69) is 20.2 Å². The molecule has 1 aliphatic rings. The van der Waals surface area contributed by atoms with Crippen molar-refractivity contribution < 1.29 is 14.6 Å². The third-order valence-electron chi connectivity index (χ3n) is 4.89. The zero-order chi connectivity index (χ0) is 19.1. The molecule has 0 radical (unpaired) electrons. The van der Waals surface area contributed by atoms with E-state index in [0.717, 1.165) is 37.9 Å². The molecule has 0 bridgehead atoms. The van der Waals surface area contributed by atoms with Crippen LogP contribution in [0.3, 0.4) is 0 Å². The molecule has 7 nitrogen and oxygen atoms in total. The quantitative estimate of drug-likeness (QED) is 0.772. The maximum Gasteiger partial charge on any atom is 0.251 e. The van der Waals surface area contributed by atoms with Crippen LogP contribution in [0, 0.1) is 0 Å². The third-order valence-corrected chi connectivity index (χ3v) is 4.89. The molecule has 1 unspecified atom stereocenters. The van der Waals surface area contributed by atoms with Gasteiger partial charge >= 0.3 is 0 Å². The van der Waals surface area contributed by atoms with Gasteiger partial charge in [0.1, 0.15) is 0 Å². The second-order valence-corrected chi connectivity index (χ2v) is 6.65. The fraction of sp³-hybridized carbons (Fsp3) is 0.450. The summed E-state index contributed by atoms with van der Waals surface area (Å²) < 4.78 is 5.07. The summed E-state index contributed by atoms with van der Waals surface area (Å²) in [5.41, 5.74) is 1.35. The van der Waals surface area contributed by atoms with Gasteiger partial charge in [-0.15, -0.1) is 0 Å². The van der Waals surface area contributed by atoms with Crippen LogP contribution >= 0.6 is 0 Å². The van der Waals surface area contributed by atoms with Crippen LogP contribution < -0.4 is 10.1 Å². The van der Waals surface area contributed by atoms with Crippen LogP contribution in [0.4, 0.5) is 0 Å². The summed E-state index contributed by atoms with van der Waals surface area (Å²) >= 11 is 0. The maximum absolute atomic E-state index is 12.5. The summed E-state index contributed by atoms with van der Waals surface area (Å²) in [6, 6.07) is 7.47. The first-order chi connectivity index (χ1) is 13.2. The monoisotopic (exact) mass is 370 g/mol. The van der Waals surface area contributed by atoms with E-state index in [1.165, 1.54) is 0 Å². The van der Waals surface area contributed by atoms with Crippen LogP contribution in [0.2, 0.25) is 0 Å². The molecule has 0 aliphatic carbocycles. The number of carbonyl (C=O) groups excluding carboxylic acids is 1. The van der Waals surface area contributed by atoms with Gasteiger partial charge in [0.25, 0.3) is 5.91 Å². The Hall–Kier alpha value is -2.51. The van der Waals surface area contributed by atoms with Gasteiger partial charge in [-0.05, 0) is 31.5 Å². The molecule has 1 aromatic carbocycles. The number of hydrogen-bond acceptors (Lipinski definition) is 6. The highest BCUT2D eigenvalue weighted by Gasteiger charge is 2.21. The fourth-order valence-electron chi connectivity index (χ4n) is 3.35. The summed E-state index contributed by atoms with van der Waals surface area (Å²) in [5, 5.41) is 12.4. The predicted molar refractivity (Wildman–Crippen MR) is 103 cm³/mol.